The third kappa shape index (κ3) is 5.19. The van der Waals surface area contributed by atoms with Gasteiger partial charge in [-0.3, -0.25) is 0 Å². The molecule has 6 heteroatoms. The molecule has 0 saturated heterocycles. The minimum atomic E-state index is 0.413. The molecule has 1 atom stereocenters. The molecule has 0 spiro atoms. The monoisotopic (exact) mass is 280 g/mol. The summed E-state index contributed by atoms with van der Waals surface area (Å²) in [6, 6.07) is 0.413. The highest BCUT2D eigenvalue weighted by molar-refractivity contribution is 5.43. The second-order valence-corrected chi connectivity index (χ2v) is 5.14. The Morgan fingerprint density at radius 3 is 2.25 bits per heavy atom. The van der Waals surface area contributed by atoms with Crippen molar-refractivity contribution in [3.63, 3.8) is 0 Å². The van der Waals surface area contributed by atoms with Crippen molar-refractivity contribution in [2.45, 2.75) is 52.5 Å². The summed E-state index contributed by atoms with van der Waals surface area (Å²) in [5.74, 6) is 1.97. The van der Waals surface area contributed by atoms with Crippen LogP contribution in [0, 0.1) is 0 Å². The van der Waals surface area contributed by atoms with E-state index in [4.69, 9.17) is 0 Å². The van der Waals surface area contributed by atoms with Crippen LogP contribution in [0.3, 0.4) is 0 Å². The Hall–Kier alpha value is -1.59. The number of rotatable bonds is 9. The van der Waals surface area contributed by atoms with Crippen molar-refractivity contribution in [2.75, 3.05) is 36.2 Å². The van der Waals surface area contributed by atoms with Crippen molar-refractivity contribution in [3.8, 4) is 0 Å². The fourth-order valence-electron chi connectivity index (χ4n) is 1.85. The average Bonchev–Trinajstić information content (AvgIpc) is 2.44. The van der Waals surface area contributed by atoms with Crippen molar-refractivity contribution in [2.24, 2.45) is 0 Å². The summed E-state index contributed by atoms with van der Waals surface area (Å²) >= 11 is 0. The van der Waals surface area contributed by atoms with E-state index < -0.39 is 0 Å². The number of hydrogen-bond donors (Lipinski definition) is 2. The lowest BCUT2D eigenvalue weighted by Gasteiger charge is -2.18. The first-order valence-electron chi connectivity index (χ1n) is 7.54. The zero-order valence-corrected chi connectivity index (χ0v) is 13.4. The van der Waals surface area contributed by atoms with Crippen LogP contribution in [-0.4, -0.2) is 41.6 Å². The van der Waals surface area contributed by atoms with E-state index in [1.54, 1.807) is 0 Å². The minimum Gasteiger partial charge on any atom is -0.354 e. The van der Waals surface area contributed by atoms with Gasteiger partial charge in [-0.05, 0) is 19.3 Å². The van der Waals surface area contributed by atoms with Crippen LogP contribution in [0.4, 0.5) is 17.8 Å². The highest BCUT2D eigenvalue weighted by Gasteiger charge is 2.11. The van der Waals surface area contributed by atoms with Crippen molar-refractivity contribution in [1.29, 1.82) is 0 Å². The van der Waals surface area contributed by atoms with Gasteiger partial charge in [0.15, 0.2) is 0 Å². The maximum atomic E-state index is 4.46. The van der Waals surface area contributed by atoms with Crippen LogP contribution in [0.5, 0.6) is 0 Å². The smallest absolute Gasteiger partial charge is 0.231 e. The van der Waals surface area contributed by atoms with Crippen molar-refractivity contribution in [1.82, 2.24) is 15.0 Å². The topological polar surface area (TPSA) is 66.0 Å². The molecular weight excluding hydrogens is 252 g/mol. The predicted molar refractivity (Wildman–Crippen MR) is 85.5 cm³/mol. The Kier molecular flexibility index (Phi) is 7.04. The molecule has 1 unspecified atom stereocenters. The Bertz CT molecular complexity index is 393. The third-order valence-electron chi connectivity index (χ3n) is 3.02. The third-order valence-corrected chi connectivity index (χ3v) is 3.02. The van der Waals surface area contributed by atoms with E-state index in [-0.39, 0.29) is 0 Å². The van der Waals surface area contributed by atoms with Crippen LogP contribution in [-0.2, 0) is 0 Å². The number of aromatic nitrogens is 3. The van der Waals surface area contributed by atoms with Gasteiger partial charge >= 0.3 is 0 Å². The summed E-state index contributed by atoms with van der Waals surface area (Å²) in [6.45, 7) is 7.35. The molecule has 0 bridgehead atoms. The van der Waals surface area contributed by atoms with Crippen LogP contribution in [0.2, 0.25) is 0 Å². The first-order valence-corrected chi connectivity index (χ1v) is 7.54. The lowest BCUT2D eigenvalue weighted by Crippen LogP contribution is -2.22. The molecule has 0 amide bonds. The molecule has 1 heterocycles. The van der Waals surface area contributed by atoms with E-state index in [0.717, 1.165) is 32.2 Å². The molecule has 114 valence electrons. The highest BCUT2D eigenvalue weighted by Crippen LogP contribution is 2.14. The van der Waals surface area contributed by atoms with Crippen molar-refractivity contribution >= 4 is 17.8 Å². The molecule has 0 aliphatic carbocycles. The van der Waals surface area contributed by atoms with Gasteiger partial charge in [-0.1, -0.05) is 27.2 Å². The maximum absolute atomic E-state index is 4.46. The van der Waals surface area contributed by atoms with Crippen LogP contribution in [0.25, 0.3) is 0 Å². The fourth-order valence-corrected chi connectivity index (χ4v) is 1.85. The Morgan fingerprint density at radius 1 is 1.00 bits per heavy atom. The van der Waals surface area contributed by atoms with Crippen LogP contribution >= 0.6 is 0 Å². The van der Waals surface area contributed by atoms with Gasteiger partial charge in [0.05, 0.1) is 0 Å². The van der Waals surface area contributed by atoms with E-state index in [1.807, 2.05) is 19.0 Å². The van der Waals surface area contributed by atoms with Gasteiger partial charge in [0.2, 0.25) is 17.8 Å². The van der Waals surface area contributed by atoms with Gasteiger partial charge in [-0.25, -0.2) is 0 Å². The lowest BCUT2D eigenvalue weighted by atomic mass is 10.1. The summed E-state index contributed by atoms with van der Waals surface area (Å²) in [5.41, 5.74) is 0. The molecule has 0 radical (unpaired) electrons. The normalized spacial score (nSPS) is 12.1. The number of hydrogen-bond acceptors (Lipinski definition) is 6. The van der Waals surface area contributed by atoms with Crippen molar-refractivity contribution in [3.05, 3.63) is 0 Å². The van der Waals surface area contributed by atoms with Crippen LogP contribution in [0.1, 0.15) is 46.5 Å². The molecule has 1 rings (SSSR count). The second-order valence-electron chi connectivity index (χ2n) is 5.14. The molecular formula is C14H28N6. The molecule has 2 N–H and O–H groups in total. The van der Waals surface area contributed by atoms with Crippen molar-refractivity contribution < 1.29 is 0 Å². The van der Waals surface area contributed by atoms with Crippen LogP contribution < -0.4 is 15.5 Å². The van der Waals surface area contributed by atoms with E-state index in [0.29, 0.717) is 23.9 Å². The van der Waals surface area contributed by atoms with E-state index in [2.05, 4.69) is 46.4 Å². The molecule has 1 aromatic heterocycles. The van der Waals surface area contributed by atoms with Gasteiger partial charge < -0.3 is 15.5 Å². The minimum absolute atomic E-state index is 0.413. The number of anilines is 3. The zero-order chi connectivity index (χ0) is 15.0. The molecule has 0 aliphatic rings. The molecule has 6 nitrogen and oxygen atoms in total. The van der Waals surface area contributed by atoms with Gasteiger partial charge in [-0.15, -0.1) is 0 Å². The molecule has 0 aliphatic heterocycles. The lowest BCUT2D eigenvalue weighted by molar-refractivity contribution is 0.617. The fraction of sp³-hybridized carbons (Fsp3) is 0.786. The van der Waals surface area contributed by atoms with Gasteiger partial charge in [0.25, 0.3) is 0 Å². The van der Waals surface area contributed by atoms with Gasteiger partial charge in [0.1, 0.15) is 0 Å². The number of nitrogens with one attached hydrogen (secondary N) is 2. The summed E-state index contributed by atoms with van der Waals surface area (Å²) < 4.78 is 0. The van der Waals surface area contributed by atoms with E-state index in [1.165, 1.54) is 0 Å². The standard InChI is InChI=1S/C14H28N6/c1-6-9-11(8-3)16-13-17-12(15-10-7-2)18-14(19-13)20(4)5/h11H,6-10H2,1-5H3,(H2,15,16,17,18,19). The SMILES string of the molecule is CCCNc1nc(NC(CC)CCC)nc(N(C)C)n1. The predicted octanol–water partition coefficient (Wildman–Crippen LogP) is 2.75. The Balaban J connectivity index is 2.89. The average molecular weight is 280 g/mol. The maximum Gasteiger partial charge on any atom is 0.231 e. The zero-order valence-electron chi connectivity index (χ0n) is 13.4. The Morgan fingerprint density at radius 2 is 1.70 bits per heavy atom. The second kappa shape index (κ2) is 8.55. The first-order chi connectivity index (χ1) is 9.60. The molecule has 1 aromatic rings. The summed E-state index contributed by atoms with van der Waals surface area (Å²) in [5, 5.41) is 6.64. The largest absolute Gasteiger partial charge is 0.354 e. The summed E-state index contributed by atoms with van der Waals surface area (Å²) in [6.07, 6.45) is 4.38. The van der Waals surface area contributed by atoms with E-state index in [9.17, 15) is 0 Å². The highest BCUT2D eigenvalue weighted by atomic mass is 15.3. The number of nitrogens with zero attached hydrogens (tertiary/aromatic N) is 4. The first kappa shape index (κ1) is 16.5. The summed E-state index contributed by atoms with van der Waals surface area (Å²) in [4.78, 5) is 15.2. The molecule has 20 heavy (non-hydrogen) atoms. The Labute approximate surface area is 122 Å². The van der Waals surface area contributed by atoms with Crippen LogP contribution in [0.15, 0.2) is 0 Å². The quantitative estimate of drug-likeness (QED) is 0.725. The molecule has 0 aromatic carbocycles. The van der Waals surface area contributed by atoms with Gasteiger partial charge in [0, 0.05) is 26.7 Å². The molecule has 0 saturated carbocycles. The van der Waals surface area contributed by atoms with E-state index >= 15 is 0 Å². The molecule has 0 fully saturated rings. The summed E-state index contributed by atoms with van der Waals surface area (Å²) in [7, 11) is 3.87. The van der Waals surface area contributed by atoms with Gasteiger partial charge in [-0.2, -0.15) is 15.0 Å².